The van der Waals surface area contributed by atoms with Gasteiger partial charge in [0, 0.05) is 13.1 Å². The average molecular weight is 405 g/mol. The van der Waals surface area contributed by atoms with E-state index in [9.17, 15) is 0 Å². The van der Waals surface area contributed by atoms with E-state index in [-0.39, 0.29) is 0 Å². The second-order valence-electron chi connectivity index (χ2n) is 7.64. The van der Waals surface area contributed by atoms with Gasteiger partial charge >= 0.3 is 0 Å². The standard InChI is InChI=1S/C25H28N2O3/c1-19-5-3-7-23(15-19)28-13-14-29-24-8-4-6-22(17-24)16-21-9-11-27(12-10-21)25-18-26-30-20(25)2/h3-8,15-18H,9-14H2,1-2H3. The predicted octanol–water partition coefficient (Wildman–Crippen LogP) is 5.43. The molecule has 30 heavy (non-hydrogen) atoms. The van der Waals surface area contributed by atoms with Crippen molar-refractivity contribution in [2.45, 2.75) is 26.7 Å². The SMILES string of the molecule is Cc1cccc(OCCOc2cccc(C=C3CCN(c4cnoc4C)CC3)c2)c1. The first-order chi connectivity index (χ1) is 14.7. The van der Waals surface area contributed by atoms with Gasteiger partial charge in [-0.05, 0) is 62.1 Å². The molecule has 1 aliphatic heterocycles. The molecule has 0 spiro atoms. The van der Waals surface area contributed by atoms with Crippen molar-refractivity contribution < 1.29 is 14.0 Å². The summed E-state index contributed by atoms with van der Waals surface area (Å²) in [5.74, 6) is 2.64. The largest absolute Gasteiger partial charge is 0.490 e. The van der Waals surface area contributed by atoms with Crippen LogP contribution in [0, 0.1) is 13.8 Å². The summed E-state index contributed by atoms with van der Waals surface area (Å²) >= 11 is 0. The van der Waals surface area contributed by atoms with Gasteiger partial charge in [-0.3, -0.25) is 0 Å². The third kappa shape index (κ3) is 5.23. The summed E-state index contributed by atoms with van der Waals surface area (Å²) in [6.07, 6.45) is 6.18. The van der Waals surface area contributed by atoms with Gasteiger partial charge in [0.25, 0.3) is 0 Å². The van der Waals surface area contributed by atoms with Crippen LogP contribution < -0.4 is 14.4 Å². The molecule has 5 nitrogen and oxygen atoms in total. The highest BCUT2D eigenvalue weighted by atomic mass is 16.5. The smallest absolute Gasteiger partial charge is 0.156 e. The molecular formula is C25H28N2O3. The van der Waals surface area contributed by atoms with Crippen molar-refractivity contribution in [1.82, 2.24) is 5.16 Å². The van der Waals surface area contributed by atoms with E-state index in [1.165, 1.54) is 16.7 Å². The number of rotatable bonds is 7. The summed E-state index contributed by atoms with van der Waals surface area (Å²) in [4.78, 5) is 2.34. The van der Waals surface area contributed by atoms with Gasteiger partial charge in [-0.2, -0.15) is 0 Å². The molecule has 3 aromatic rings. The van der Waals surface area contributed by atoms with Gasteiger partial charge in [0.1, 0.15) is 30.4 Å². The van der Waals surface area contributed by atoms with E-state index in [0.717, 1.165) is 48.9 Å². The average Bonchev–Trinajstić information content (AvgIpc) is 3.18. The number of benzene rings is 2. The Kier molecular flexibility index (Phi) is 6.38. The van der Waals surface area contributed by atoms with Gasteiger partial charge in [0.2, 0.25) is 0 Å². The van der Waals surface area contributed by atoms with E-state index in [1.54, 1.807) is 0 Å². The van der Waals surface area contributed by atoms with Crippen LogP contribution in [0.2, 0.25) is 0 Å². The van der Waals surface area contributed by atoms with Crippen molar-refractivity contribution in [3.05, 3.63) is 77.2 Å². The highest BCUT2D eigenvalue weighted by Gasteiger charge is 2.18. The minimum absolute atomic E-state index is 0.515. The Labute approximate surface area is 177 Å². The van der Waals surface area contributed by atoms with Gasteiger partial charge in [-0.1, -0.05) is 41.1 Å². The molecule has 1 saturated heterocycles. The summed E-state index contributed by atoms with van der Waals surface area (Å²) in [6, 6.07) is 16.3. The Hall–Kier alpha value is -3.21. The molecular weight excluding hydrogens is 376 g/mol. The van der Waals surface area contributed by atoms with E-state index in [0.29, 0.717) is 13.2 Å². The molecule has 0 amide bonds. The van der Waals surface area contributed by atoms with Crippen LogP contribution in [0.15, 0.2) is 64.8 Å². The number of piperidine rings is 1. The van der Waals surface area contributed by atoms with Crippen molar-refractivity contribution >= 4 is 11.8 Å². The summed E-state index contributed by atoms with van der Waals surface area (Å²) in [5, 5.41) is 3.89. The molecule has 0 bridgehead atoms. The first-order valence-corrected chi connectivity index (χ1v) is 10.5. The van der Waals surface area contributed by atoms with Gasteiger partial charge in [0.05, 0.1) is 6.20 Å². The Morgan fingerprint density at radius 3 is 2.33 bits per heavy atom. The molecule has 1 aromatic heterocycles. The lowest BCUT2D eigenvalue weighted by atomic mass is 10.0. The molecule has 1 aliphatic rings. The minimum atomic E-state index is 0.515. The molecule has 2 aromatic carbocycles. The maximum atomic E-state index is 5.89. The van der Waals surface area contributed by atoms with E-state index < -0.39 is 0 Å². The fourth-order valence-electron chi connectivity index (χ4n) is 3.73. The molecule has 2 heterocycles. The Morgan fingerprint density at radius 2 is 1.67 bits per heavy atom. The van der Waals surface area contributed by atoms with Crippen LogP contribution in [0.3, 0.4) is 0 Å². The Bertz CT molecular complexity index is 999. The molecule has 4 rings (SSSR count). The fourth-order valence-corrected chi connectivity index (χ4v) is 3.73. The van der Waals surface area contributed by atoms with Crippen LogP contribution in [0.25, 0.3) is 6.08 Å². The minimum Gasteiger partial charge on any atom is -0.490 e. The van der Waals surface area contributed by atoms with Crippen LogP contribution in [-0.4, -0.2) is 31.5 Å². The number of hydrogen-bond acceptors (Lipinski definition) is 5. The summed E-state index contributed by atoms with van der Waals surface area (Å²) in [7, 11) is 0. The van der Waals surface area contributed by atoms with Gasteiger partial charge in [0.15, 0.2) is 5.76 Å². The second-order valence-corrected chi connectivity index (χ2v) is 7.64. The first-order valence-electron chi connectivity index (χ1n) is 10.5. The lowest BCUT2D eigenvalue weighted by molar-refractivity contribution is 0.217. The van der Waals surface area contributed by atoms with Gasteiger partial charge < -0.3 is 18.9 Å². The zero-order valence-electron chi connectivity index (χ0n) is 17.6. The molecule has 0 atom stereocenters. The number of aromatic nitrogens is 1. The molecule has 5 heteroatoms. The molecule has 0 N–H and O–H groups in total. The third-order valence-corrected chi connectivity index (χ3v) is 5.31. The lowest BCUT2D eigenvalue weighted by Gasteiger charge is -2.29. The number of nitrogens with zero attached hydrogens (tertiary/aromatic N) is 2. The molecule has 0 saturated carbocycles. The summed E-state index contributed by atoms with van der Waals surface area (Å²) in [5.41, 5.74) is 4.94. The quantitative estimate of drug-likeness (QED) is 0.491. The molecule has 0 aliphatic carbocycles. The van der Waals surface area contributed by atoms with Crippen LogP contribution in [0.4, 0.5) is 5.69 Å². The Balaban J connectivity index is 1.27. The molecule has 1 fully saturated rings. The highest BCUT2D eigenvalue weighted by molar-refractivity contribution is 5.57. The molecule has 0 radical (unpaired) electrons. The van der Waals surface area contributed by atoms with Crippen LogP contribution in [-0.2, 0) is 0 Å². The number of aryl methyl sites for hydroxylation is 2. The monoisotopic (exact) mass is 404 g/mol. The zero-order chi connectivity index (χ0) is 20.8. The van der Waals surface area contributed by atoms with Gasteiger partial charge in [-0.15, -0.1) is 0 Å². The van der Waals surface area contributed by atoms with Crippen LogP contribution in [0.5, 0.6) is 11.5 Å². The topological polar surface area (TPSA) is 47.7 Å². The third-order valence-electron chi connectivity index (χ3n) is 5.31. The second kappa shape index (κ2) is 9.53. The summed E-state index contributed by atoms with van der Waals surface area (Å²) in [6.45, 7) is 7.03. The maximum Gasteiger partial charge on any atom is 0.156 e. The van der Waals surface area contributed by atoms with Crippen molar-refractivity contribution in [1.29, 1.82) is 0 Å². The molecule has 0 unspecified atom stereocenters. The van der Waals surface area contributed by atoms with Crippen molar-refractivity contribution in [3.63, 3.8) is 0 Å². The van der Waals surface area contributed by atoms with E-state index >= 15 is 0 Å². The lowest BCUT2D eigenvalue weighted by Crippen LogP contribution is -2.30. The first kappa shape index (κ1) is 20.1. The predicted molar refractivity (Wildman–Crippen MR) is 119 cm³/mol. The Morgan fingerprint density at radius 1 is 0.967 bits per heavy atom. The van der Waals surface area contributed by atoms with Crippen LogP contribution in [0.1, 0.15) is 29.7 Å². The van der Waals surface area contributed by atoms with E-state index in [4.69, 9.17) is 14.0 Å². The molecule has 156 valence electrons. The summed E-state index contributed by atoms with van der Waals surface area (Å²) < 4.78 is 16.8. The number of anilines is 1. The van der Waals surface area contributed by atoms with Crippen molar-refractivity contribution in [2.24, 2.45) is 0 Å². The van der Waals surface area contributed by atoms with E-state index in [1.807, 2.05) is 43.5 Å². The van der Waals surface area contributed by atoms with Crippen molar-refractivity contribution in [2.75, 3.05) is 31.2 Å². The normalized spacial score (nSPS) is 13.9. The van der Waals surface area contributed by atoms with Crippen LogP contribution >= 0.6 is 0 Å². The maximum absolute atomic E-state index is 5.89. The van der Waals surface area contributed by atoms with E-state index in [2.05, 4.69) is 41.3 Å². The zero-order valence-corrected chi connectivity index (χ0v) is 17.6. The van der Waals surface area contributed by atoms with Gasteiger partial charge in [-0.25, -0.2) is 0 Å². The number of hydrogen-bond donors (Lipinski definition) is 0. The number of ether oxygens (including phenoxy) is 2. The van der Waals surface area contributed by atoms with Crippen molar-refractivity contribution in [3.8, 4) is 11.5 Å². The fraction of sp³-hybridized carbons (Fsp3) is 0.320. The highest BCUT2D eigenvalue weighted by Crippen LogP contribution is 2.27.